The van der Waals surface area contributed by atoms with Gasteiger partial charge in [0, 0.05) is 11.1 Å². The maximum atomic E-state index is 13.0. The molecular formula is C24H24F6O4. The van der Waals surface area contributed by atoms with Gasteiger partial charge < -0.3 is 9.47 Å². The molecule has 2 aliphatic carbocycles. The van der Waals surface area contributed by atoms with Gasteiger partial charge in [0.2, 0.25) is 0 Å². The van der Waals surface area contributed by atoms with E-state index in [1.54, 1.807) is 12.2 Å². The van der Waals surface area contributed by atoms with Crippen LogP contribution in [0.3, 0.4) is 0 Å². The molecule has 4 nitrogen and oxygen atoms in total. The molecule has 0 aliphatic heterocycles. The topological polar surface area (TPSA) is 52.6 Å². The molecular weight excluding hydrogens is 466 g/mol. The normalized spacial score (nSPS) is 18.1. The zero-order chi connectivity index (χ0) is 26.3. The van der Waals surface area contributed by atoms with Crippen molar-refractivity contribution in [3.63, 3.8) is 0 Å². The number of hydrogen-bond donors (Lipinski definition) is 0. The van der Waals surface area contributed by atoms with Crippen LogP contribution in [-0.2, 0) is 19.1 Å². The first-order valence-electron chi connectivity index (χ1n) is 10.1. The predicted molar refractivity (Wildman–Crippen MR) is 112 cm³/mol. The fourth-order valence-corrected chi connectivity index (χ4v) is 3.15. The molecule has 0 saturated heterocycles. The minimum absolute atomic E-state index is 0.144. The Balaban J connectivity index is 2.61. The molecule has 0 aromatic rings. The van der Waals surface area contributed by atoms with Crippen LogP contribution in [0.4, 0.5) is 26.3 Å². The Morgan fingerprint density at radius 1 is 0.588 bits per heavy atom. The Bertz CT molecular complexity index is 989. The molecule has 0 N–H and O–H groups in total. The summed E-state index contributed by atoms with van der Waals surface area (Å²) >= 11 is 0. The number of halogens is 6. The van der Waals surface area contributed by atoms with Crippen molar-refractivity contribution < 1.29 is 45.4 Å². The highest BCUT2D eigenvalue weighted by Crippen LogP contribution is 2.39. The third-order valence-electron chi connectivity index (χ3n) is 4.69. The van der Waals surface area contributed by atoms with Crippen molar-refractivity contribution in [3.05, 3.63) is 70.3 Å². The molecule has 0 amide bonds. The molecule has 10 heteroatoms. The lowest BCUT2D eigenvalue weighted by Gasteiger charge is -2.31. The van der Waals surface area contributed by atoms with Gasteiger partial charge in [0.05, 0.1) is 0 Å². The molecule has 0 bridgehead atoms. The lowest BCUT2D eigenvalue weighted by atomic mass is 9.72. The number of ether oxygens (including phenoxy) is 2. The Labute approximate surface area is 193 Å². The summed E-state index contributed by atoms with van der Waals surface area (Å²) in [5, 5.41) is 0. The van der Waals surface area contributed by atoms with Crippen LogP contribution in [0.1, 0.15) is 41.5 Å². The molecule has 0 aromatic carbocycles. The lowest BCUT2D eigenvalue weighted by molar-refractivity contribution is -0.309. The van der Waals surface area contributed by atoms with Crippen molar-refractivity contribution in [2.45, 2.75) is 54.3 Å². The smallest absolute Gasteiger partial charge is 0.401 e. The van der Waals surface area contributed by atoms with E-state index in [-0.39, 0.29) is 11.4 Å². The number of hydrogen-bond acceptors (Lipinski definition) is 4. The van der Waals surface area contributed by atoms with Gasteiger partial charge in [-0.05, 0) is 46.3 Å². The number of Topliss-reactive ketones (excluding diaryl/α,β-unsaturated/α-hetero) is 2. The summed E-state index contributed by atoms with van der Waals surface area (Å²) in [4.78, 5) is 25.0. The second-order valence-electron chi connectivity index (χ2n) is 9.72. The summed E-state index contributed by atoms with van der Waals surface area (Å²) in [5.41, 5.74) is 0.239. The molecule has 2 rings (SSSR count). The molecule has 186 valence electrons. The molecule has 0 aromatic heterocycles. The Hall–Kier alpha value is -3.04. The average Bonchev–Trinajstić information content (AvgIpc) is 2.60. The Morgan fingerprint density at radius 2 is 0.912 bits per heavy atom. The minimum atomic E-state index is -5.30. The first kappa shape index (κ1) is 27.2. The highest BCUT2D eigenvalue weighted by Gasteiger charge is 2.40. The van der Waals surface area contributed by atoms with Crippen LogP contribution in [0.25, 0.3) is 0 Å². The highest BCUT2D eigenvalue weighted by atomic mass is 19.4. The molecule has 0 unspecified atom stereocenters. The van der Waals surface area contributed by atoms with Crippen molar-refractivity contribution in [2.75, 3.05) is 0 Å². The number of allylic oxidation sites excluding steroid dienone is 10. The van der Waals surface area contributed by atoms with Gasteiger partial charge in [-0.2, -0.15) is 0 Å². The summed E-state index contributed by atoms with van der Waals surface area (Å²) in [5.74, 6) is -4.58. The molecule has 0 heterocycles. The van der Waals surface area contributed by atoms with Crippen LogP contribution < -0.4 is 0 Å². The third-order valence-corrected chi connectivity index (χ3v) is 4.69. The number of ketones is 2. The van der Waals surface area contributed by atoms with E-state index in [1.165, 1.54) is 12.2 Å². The van der Waals surface area contributed by atoms with Gasteiger partial charge in [-0.15, -0.1) is 26.3 Å². The molecule has 0 saturated carbocycles. The van der Waals surface area contributed by atoms with E-state index in [9.17, 15) is 35.9 Å². The number of alkyl halides is 6. The zero-order valence-corrected chi connectivity index (χ0v) is 19.4. The largest absolute Gasteiger partial charge is 0.573 e. The summed E-state index contributed by atoms with van der Waals surface area (Å²) in [7, 11) is 0. The number of carbonyl (C=O) groups is 2. The van der Waals surface area contributed by atoms with Gasteiger partial charge in [0.1, 0.15) is 0 Å². The van der Waals surface area contributed by atoms with Crippen LogP contribution in [-0.4, -0.2) is 24.3 Å². The summed E-state index contributed by atoms with van der Waals surface area (Å²) in [6.07, 6.45) is -3.45. The molecule has 2 aliphatic rings. The van der Waals surface area contributed by atoms with Crippen molar-refractivity contribution in [3.8, 4) is 0 Å². The quantitative estimate of drug-likeness (QED) is 0.409. The van der Waals surface area contributed by atoms with Crippen molar-refractivity contribution in [2.24, 2.45) is 10.8 Å². The van der Waals surface area contributed by atoms with Crippen LogP contribution in [0.2, 0.25) is 0 Å². The predicted octanol–water partition coefficient (Wildman–Crippen LogP) is 6.79. The van der Waals surface area contributed by atoms with Crippen LogP contribution in [0.5, 0.6) is 0 Å². The summed E-state index contributed by atoms with van der Waals surface area (Å²) in [6, 6.07) is 0. The van der Waals surface area contributed by atoms with Gasteiger partial charge in [0.25, 0.3) is 5.78 Å². The van der Waals surface area contributed by atoms with Crippen LogP contribution in [0, 0.1) is 10.8 Å². The summed E-state index contributed by atoms with van der Waals surface area (Å²) in [6.45, 7) is 11.1. The third kappa shape index (κ3) is 7.23. The fraction of sp³-hybridized carbons (Fsp3) is 0.417. The van der Waals surface area contributed by atoms with Gasteiger partial charge >= 0.3 is 12.7 Å². The molecule has 0 spiro atoms. The standard InChI is InChI=1S/C24H24F6O4/c1-21(2,3)15-9-13(10-16(19(15)31)22(4,5)6)7-8-14-11-17(33-23(25,26)27)20(32)18(12-14)34-24(28,29)30/h7-12H,1-6H3. The molecule has 0 radical (unpaired) electrons. The Morgan fingerprint density at radius 3 is 1.21 bits per heavy atom. The zero-order valence-electron chi connectivity index (χ0n) is 19.4. The van der Waals surface area contributed by atoms with Gasteiger partial charge in [-0.25, -0.2) is 0 Å². The maximum absolute atomic E-state index is 13.0. The van der Waals surface area contributed by atoms with E-state index in [0.717, 1.165) is 0 Å². The monoisotopic (exact) mass is 490 g/mol. The lowest BCUT2D eigenvalue weighted by Crippen LogP contribution is -2.27. The fourth-order valence-electron chi connectivity index (χ4n) is 3.15. The van der Waals surface area contributed by atoms with Gasteiger partial charge in [-0.3, -0.25) is 9.59 Å². The second-order valence-corrected chi connectivity index (χ2v) is 9.72. The SMILES string of the molecule is CC(C)(C)C1=CC(=CC=C2C=C(OC(F)(F)F)C(=O)C(OC(F)(F)F)=C2)C=C(C(C)(C)C)C1=O. The summed E-state index contributed by atoms with van der Waals surface area (Å²) < 4.78 is 83.1. The average molecular weight is 490 g/mol. The highest BCUT2D eigenvalue weighted by molar-refractivity contribution is 6.12. The van der Waals surface area contributed by atoms with Crippen LogP contribution >= 0.6 is 0 Å². The van der Waals surface area contributed by atoms with E-state index in [4.69, 9.17) is 0 Å². The molecule has 34 heavy (non-hydrogen) atoms. The minimum Gasteiger partial charge on any atom is -0.401 e. The molecule has 0 fully saturated rings. The van der Waals surface area contributed by atoms with Gasteiger partial charge in [-0.1, -0.05) is 53.7 Å². The molecule has 0 atom stereocenters. The van der Waals surface area contributed by atoms with Crippen LogP contribution in [0.15, 0.2) is 70.3 Å². The number of carbonyl (C=O) groups excluding carboxylic acids is 2. The van der Waals surface area contributed by atoms with E-state index in [2.05, 4.69) is 9.47 Å². The van der Waals surface area contributed by atoms with Crippen molar-refractivity contribution in [1.29, 1.82) is 0 Å². The van der Waals surface area contributed by atoms with E-state index in [0.29, 0.717) is 28.9 Å². The Kier molecular flexibility index (Phi) is 7.17. The first-order valence-corrected chi connectivity index (χ1v) is 10.1. The van der Waals surface area contributed by atoms with E-state index >= 15 is 0 Å². The van der Waals surface area contributed by atoms with E-state index in [1.807, 2.05) is 41.5 Å². The first-order chi connectivity index (χ1) is 15.2. The van der Waals surface area contributed by atoms with Crippen molar-refractivity contribution >= 4 is 11.6 Å². The van der Waals surface area contributed by atoms with Crippen molar-refractivity contribution in [1.82, 2.24) is 0 Å². The second kappa shape index (κ2) is 8.96. The van der Waals surface area contributed by atoms with Gasteiger partial charge in [0.15, 0.2) is 17.3 Å². The van der Waals surface area contributed by atoms with E-state index < -0.39 is 40.9 Å². The maximum Gasteiger partial charge on any atom is 0.573 e. The number of rotatable bonds is 3.